The highest BCUT2D eigenvalue weighted by molar-refractivity contribution is 6.31. The van der Waals surface area contributed by atoms with Gasteiger partial charge in [-0.2, -0.15) is 4.98 Å². The predicted molar refractivity (Wildman–Crippen MR) is 69.7 cm³/mol. The Morgan fingerprint density at radius 1 is 1.11 bits per heavy atom. The summed E-state index contributed by atoms with van der Waals surface area (Å²) in [5, 5.41) is 6.33. The van der Waals surface area contributed by atoms with Gasteiger partial charge >= 0.3 is 0 Å². The summed E-state index contributed by atoms with van der Waals surface area (Å²) in [4.78, 5) is 19.8. The molecule has 2 heterocycles. The summed E-state index contributed by atoms with van der Waals surface area (Å²) < 4.78 is 0. The summed E-state index contributed by atoms with van der Waals surface area (Å²) in [5.74, 6) is 0.184. The van der Waals surface area contributed by atoms with E-state index in [-0.39, 0.29) is 11.2 Å². The number of hydrogen-bond donors (Lipinski definition) is 2. The van der Waals surface area contributed by atoms with Crippen LogP contribution in [0.25, 0.3) is 0 Å². The molecule has 1 aliphatic heterocycles. The van der Waals surface area contributed by atoms with Gasteiger partial charge in [-0.15, -0.1) is 0 Å². The SMILES string of the molecule is O=C1Nc2cnc(Cl)nc2Nc2cc(Cl)ccc21. The number of carbonyl (C=O) groups is 1. The minimum absolute atomic E-state index is 0.0981. The third-order valence-electron chi connectivity index (χ3n) is 2.49. The lowest BCUT2D eigenvalue weighted by Gasteiger charge is -2.07. The number of anilines is 3. The van der Waals surface area contributed by atoms with Crippen molar-refractivity contribution in [1.29, 1.82) is 0 Å². The monoisotopic (exact) mass is 280 g/mol. The van der Waals surface area contributed by atoms with Gasteiger partial charge in [-0.05, 0) is 29.8 Å². The number of hydrogen-bond acceptors (Lipinski definition) is 4. The molecule has 90 valence electrons. The number of nitrogens with zero attached hydrogens (tertiary/aromatic N) is 2. The van der Waals surface area contributed by atoms with Gasteiger partial charge in [0.15, 0.2) is 5.82 Å². The summed E-state index contributed by atoms with van der Waals surface area (Å²) in [7, 11) is 0. The molecule has 0 spiro atoms. The van der Waals surface area contributed by atoms with E-state index in [1.54, 1.807) is 18.2 Å². The van der Waals surface area contributed by atoms with Crippen LogP contribution in [0.4, 0.5) is 17.2 Å². The molecule has 0 bridgehead atoms. The van der Waals surface area contributed by atoms with Crippen LogP contribution in [0, 0.1) is 0 Å². The van der Waals surface area contributed by atoms with E-state index in [4.69, 9.17) is 23.2 Å². The number of benzene rings is 1. The Balaban J connectivity index is 2.18. The molecule has 1 aliphatic rings. The quantitative estimate of drug-likeness (QED) is 0.728. The van der Waals surface area contributed by atoms with Crippen molar-refractivity contribution in [2.45, 2.75) is 0 Å². The van der Waals surface area contributed by atoms with Crippen LogP contribution < -0.4 is 10.6 Å². The Kier molecular flexibility index (Phi) is 2.57. The summed E-state index contributed by atoms with van der Waals surface area (Å²) in [5.41, 5.74) is 1.53. The van der Waals surface area contributed by atoms with Crippen LogP contribution in [0.5, 0.6) is 0 Å². The summed E-state index contributed by atoms with van der Waals surface area (Å²) >= 11 is 11.6. The maximum atomic E-state index is 12.0. The van der Waals surface area contributed by atoms with E-state index in [1.807, 2.05) is 0 Å². The lowest BCUT2D eigenvalue weighted by Crippen LogP contribution is -2.10. The minimum atomic E-state index is -0.251. The van der Waals surface area contributed by atoms with Gasteiger partial charge in [0.1, 0.15) is 5.69 Å². The van der Waals surface area contributed by atoms with Crippen LogP contribution in [0.2, 0.25) is 10.3 Å². The molecule has 2 N–H and O–H groups in total. The molecule has 1 aromatic heterocycles. The lowest BCUT2D eigenvalue weighted by molar-refractivity contribution is 0.102. The smallest absolute Gasteiger partial charge is 0.257 e. The average molecular weight is 281 g/mol. The fourth-order valence-electron chi connectivity index (χ4n) is 1.68. The molecule has 2 aromatic rings. The molecule has 3 rings (SSSR count). The Labute approximate surface area is 112 Å². The van der Waals surface area contributed by atoms with Gasteiger partial charge in [0, 0.05) is 5.02 Å². The number of nitrogens with one attached hydrogen (secondary N) is 2. The van der Waals surface area contributed by atoms with E-state index in [2.05, 4.69) is 20.6 Å². The van der Waals surface area contributed by atoms with Gasteiger partial charge in [0.05, 0.1) is 17.4 Å². The Hall–Kier alpha value is -1.85. The van der Waals surface area contributed by atoms with E-state index in [0.29, 0.717) is 27.8 Å². The van der Waals surface area contributed by atoms with Gasteiger partial charge in [-0.25, -0.2) is 4.98 Å². The molecule has 0 saturated carbocycles. The largest absolute Gasteiger partial charge is 0.338 e. The molecule has 0 aliphatic carbocycles. The van der Waals surface area contributed by atoms with Gasteiger partial charge in [0.2, 0.25) is 5.28 Å². The van der Waals surface area contributed by atoms with Crippen molar-refractivity contribution >= 4 is 46.3 Å². The molecular formula is C11H6Cl2N4O. The maximum absolute atomic E-state index is 12.0. The first-order valence-electron chi connectivity index (χ1n) is 5.04. The second kappa shape index (κ2) is 4.12. The van der Waals surface area contributed by atoms with Crippen LogP contribution >= 0.6 is 23.2 Å². The van der Waals surface area contributed by atoms with E-state index < -0.39 is 0 Å². The Morgan fingerprint density at radius 2 is 1.94 bits per heavy atom. The number of fused-ring (bicyclic) bond motifs is 2. The van der Waals surface area contributed by atoms with E-state index in [1.165, 1.54) is 6.20 Å². The van der Waals surface area contributed by atoms with Gasteiger partial charge in [-0.1, -0.05) is 11.6 Å². The Morgan fingerprint density at radius 3 is 2.78 bits per heavy atom. The van der Waals surface area contributed by atoms with E-state index in [0.717, 1.165) is 0 Å². The van der Waals surface area contributed by atoms with Gasteiger partial charge < -0.3 is 10.6 Å². The standard InChI is InChI=1S/C11H6Cl2N4O/c12-5-1-2-6-7(3-5)15-9-8(16-10(6)18)4-14-11(13)17-9/h1-4H,(H,16,18)(H,14,15,17). The second-order valence-electron chi connectivity index (χ2n) is 3.67. The molecule has 7 heteroatoms. The molecule has 0 radical (unpaired) electrons. The molecule has 1 aromatic carbocycles. The number of amides is 1. The third-order valence-corrected chi connectivity index (χ3v) is 2.90. The van der Waals surface area contributed by atoms with Crippen LogP contribution in [0.15, 0.2) is 24.4 Å². The first-order chi connectivity index (χ1) is 8.63. The van der Waals surface area contributed by atoms with Crippen molar-refractivity contribution in [3.05, 3.63) is 40.3 Å². The topological polar surface area (TPSA) is 66.9 Å². The van der Waals surface area contributed by atoms with Crippen molar-refractivity contribution in [1.82, 2.24) is 9.97 Å². The van der Waals surface area contributed by atoms with E-state index in [9.17, 15) is 4.79 Å². The van der Waals surface area contributed by atoms with Gasteiger partial charge in [-0.3, -0.25) is 4.79 Å². The summed E-state index contributed by atoms with van der Waals surface area (Å²) in [6.07, 6.45) is 1.45. The number of halogens is 2. The number of rotatable bonds is 0. The highest BCUT2D eigenvalue weighted by atomic mass is 35.5. The zero-order chi connectivity index (χ0) is 12.7. The molecule has 5 nitrogen and oxygen atoms in total. The minimum Gasteiger partial charge on any atom is -0.338 e. The normalized spacial score (nSPS) is 12.9. The average Bonchev–Trinajstić information content (AvgIpc) is 2.44. The van der Waals surface area contributed by atoms with Crippen molar-refractivity contribution in [2.24, 2.45) is 0 Å². The van der Waals surface area contributed by atoms with Gasteiger partial charge in [0.25, 0.3) is 5.91 Å². The summed E-state index contributed by atoms with van der Waals surface area (Å²) in [6, 6.07) is 4.94. The highest BCUT2D eigenvalue weighted by Gasteiger charge is 2.20. The molecule has 0 saturated heterocycles. The molecule has 1 amide bonds. The van der Waals surface area contributed by atoms with Crippen LogP contribution in [-0.2, 0) is 0 Å². The molecule has 0 fully saturated rings. The van der Waals surface area contributed by atoms with Crippen molar-refractivity contribution in [3.63, 3.8) is 0 Å². The Bertz CT molecular complexity index is 659. The highest BCUT2D eigenvalue weighted by Crippen LogP contribution is 2.32. The number of aromatic nitrogens is 2. The van der Waals surface area contributed by atoms with Crippen LogP contribution in [0.1, 0.15) is 10.4 Å². The first kappa shape index (κ1) is 11.3. The molecule has 0 atom stereocenters. The van der Waals surface area contributed by atoms with Crippen molar-refractivity contribution in [2.75, 3.05) is 10.6 Å². The maximum Gasteiger partial charge on any atom is 0.257 e. The fraction of sp³-hybridized carbons (Fsp3) is 0. The summed E-state index contributed by atoms with van der Waals surface area (Å²) in [6.45, 7) is 0. The molecule has 18 heavy (non-hydrogen) atoms. The van der Waals surface area contributed by atoms with Crippen molar-refractivity contribution < 1.29 is 4.79 Å². The van der Waals surface area contributed by atoms with E-state index >= 15 is 0 Å². The fourth-order valence-corrected chi connectivity index (χ4v) is 1.99. The van der Waals surface area contributed by atoms with Crippen molar-refractivity contribution in [3.8, 4) is 0 Å². The second-order valence-corrected chi connectivity index (χ2v) is 4.44. The predicted octanol–water partition coefficient (Wildman–Crippen LogP) is 3.09. The van der Waals surface area contributed by atoms with Crippen LogP contribution in [0.3, 0.4) is 0 Å². The third kappa shape index (κ3) is 1.87. The lowest BCUT2D eigenvalue weighted by atomic mass is 10.1. The zero-order valence-corrected chi connectivity index (χ0v) is 10.4. The molecular weight excluding hydrogens is 275 g/mol. The number of carbonyl (C=O) groups excluding carboxylic acids is 1. The zero-order valence-electron chi connectivity index (χ0n) is 8.87. The first-order valence-corrected chi connectivity index (χ1v) is 5.79. The molecule has 0 unspecified atom stereocenters. The van der Waals surface area contributed by atoms with Crippen LogP contribution in [-0.4, -0.2) is 15.9 Å².